The van der Waals surface area contributed by atoms with Gasteiger partial charge >= 0.3 is 0 Å². The SMILES string of the molecule is N#C/C(=C/N1CCN(c2cccc(Cl)c2)CC1)C(=O)N1CCOCC1. The number of benzene rings is 1. The third-order valence-corrected chi connectivity index (χ3v) is 4.68. The normalized spacial score (nSPS) is 18.9. The van der Waals surface area contributed by atoms with Crippen LogP contribution in [0.25, 0.3) is 0 Å². The van der Waals surface area contributed by atoms with Crippen LogP contribution in [-0.2, 0) is 9.53 Å². The minimum Gasteiger partial charge on any atom is -0.378 e. The number of nitrogens with zero attached hydrogens (tertiary/aromatic N) is 4. The van der Waals surface area contributed by atoms with E-state index in [2.05, 4.69) is 11.0 Å². The number of rotatable bonds is 3. The lowest BCUT2D eigenvalue weighted by molar-refractivity contribution is -0.130. The van der Waals surface area contributed by atoms with Crippen LogP contribution in [0.4, 0.5) is 5.69 Å². The van der Waals surface area contributed by atoms with Gasteiger partial charge in [-0.25, -0.2) is 0 Å². The van der Waals surface area contributed by atoms with Gasteiger partial charge in [0.2, 0.25) is 0 Å². The molecule has 0 aliphatic carbocycles. The first kappa shape index (κ1) is 17.6. The molecule has 0 saturated carbocycles. The summed E-state index contributed by atoms with van der Waals surface area (Å²) in [6, 6.07) is 9.85. The van der Waals surface area contributed by atoms with Crippen molar-refractivity contribution < 1.29 is 9.53 Å². The van der Waals surface area contributed by atoms with Crippen molar-refractivity contribution in [1.82, 2.24) is 9.80 Å². The quantitative estimate of drug-likeness (QED) is 0.607. The van der Waals surface area contributed by atoms with Crippen molar-refractivity contribution in [1.29, 1.82) is 5.26 Å². The zero-order valence-electron chi connectivity index (χ0n) is 14.0. The maximum atomic E-state index is 12.5. The molecule has 132 valence electrons. The molecule has 0 unspecified atom stereocenters. The molecule has 0 bridgehead atoms. The number of anilines is 1. The van der Waals surface area contributed by atoms with Gasteiger partial charge in [-0.3, -0.25) is 4.79 Å². The summed E-state index contributed by atoms with van der Waals surface area (Å²) in [6.07, 6.45) is 1.70. The van der Waals surface area contributed by atoms with Crippen LogP contribution in [0.2, 0.25) is 5.02 Å². The van der Waals surface area contributed by atoms with E-state index in [4.69, 9.17) is 16.3 Å². The highest BCUT2D eigenvalue weighted by Crippen LogP contribution is 2.21. The summed E-state index contributed by atoms with van der Waals surface area (Å²) in [6.45, 7) is 5.30. The van der Waals surface area contributed by atoms with Crippen molar-refractivity contribution >= 4 is 23.2 Å². The number of halogens is 1. The molecule has 0 spiro atoms. The first-order valence-corrected chi connectivity index (χ1v) is 8.78. The van der Waals surface area contributed by atoms with Crippen molar-refractivity contribution in [3.8, 4) is 6.07 Å². The number of piperazine rings is 1. The number of nitriles is 1. The van der Waals surface area contributed by atoms with Gasteiger partial charge in [-0.2, -0.15) is 5.26 Å². The summed E-state index contributed by atoms with van der Waals surface area (Å²) in [5, 5.41) is 10.1. The van der Waals surface area contributed by atoms with E-state index in [0.29, 0.717) is 26.3 Å². The second kappa shape index (κ2) is 8.24. The molecule has 1 amide bonds. The molecular weight excluding hydrogens is 340 g/mol. The van der Waals surface area contributed by atoms with Gasteiger partial charge in [0.15, 0.2) is 0 Å². The standard InChI is InChI=1S/C18H21ClN4O2/c19-16-2-1-3-17(12-16)22-6-4-21(5-7-22)14-15(13-20)18(24)23-8-10-25-11-9-23/h1-3,12,14H,4-11H2/b15-14-. The molecule has 2 heterocycles. The Morgan fingerprint density at radius 2 is 1.88 bits per heavy atom. The molecule has 3 rings (SSSR count). The highest BCUT2D eigenvalue weighted by molar-refractivity contribution is 6.30. The summed E-state index contributed by atoms with van der Waals surface area (Å²) in [7, 11) is 0. The van der Waals surface area contributed by atoms with Crippen LogP contribution in [-0.4, -0.2) is 68.2 Å². The van der Waals surface area contributed by atoms with Gasteiger partial charge in [0.1, 0.15) is 11.6 Å². The van der Waals surface area contributed by atoms with Crippen LogP contribution < -0.4 is 4.90 Å². The molecule has 2 saturated heterocycles. The average molecular weight is 361 g/mol. The van der Waals surface area contributed by atoms with Gasteiger partial charge < -0.3 is 19.4 Å². The van der Waals surface area contributed by atoms with Crippen LogP contribution >= 0.6 is 11.6 Å². The molecule has 1 aromatic carbocycles. The fraction of sp³-hybridized carbons (Fsp3) is 0.444. The van der Waals surface area contributed by atoms with Crippen molar-refractivity contribution in [3.63, 3.8) is 0 Å². The lowest BCUT2D eigenvalue weighted by Gasteiger charge is -2.36. The number of morpholine rings is 1. The molecule has 6 nitrogen and oxygen atoms in total. The summed E-state index contributed by atoms with van der Waals surface area (Å²) < 4.78 is 5.25. The predicted octanol–water partition coefficient (Wildman–Crippen LogP) is 1.73. The number of carbonyl (C=O) groups excluding carboxylic acids is 1. The Kier molecular flexibility index (Phi) is 5.79. The predicted molar refractivity (Wildman–Crippen MR) is 96.3 cm³/mol. The number of ether oxygens (including phenoxy) is 1. The van der Waals surface area contributed by atoms with Crippen molar-refractivity contribution in [2.24, 2.45) is 0 Å². The summed E-state index contributed by atoms with van der Waals surface area (Å²) in [5.41, 5.74) is 1.29. The fourth-order valence-electron chi connectivity index (χ4n) is 3.03. The topological polar surface area (TPSA) is 59.8 Å². The Morgan fingerprint density at radius 1 is 1.16 bits per heavy atom. The van der Waals surface area contributed by atoms with Crippen LogP contribution in [0.3, 0.4) is 0 Å². The Balaban J connectivity index is 1.60. The lowest BCUT2D eigenvalue weighted by atomic mass is 10.2. The molecule has 7 heteroatoms. The van der Waals surface area contributed by atoms with Crippen LogP contribution in [0, 0.1) is 11.3 Å². The van der Waals surface area contributed by atoms with Crippen molar-refractivity contribution in [2.45, 2.75) is 0 Å². The third kappa shape index (κ3) is 4.44. The molecule has 1 aromatic rings. The molecule has 2 fully saturated rings. The van der Waals surface area contributed by atoms with E-state index in [-0.39, 0.29) is 11.5 Å². The summed E-state index contributed by atoms with van der Waals surface area (Å²) >= 11 is 6.06. The third-order valence-electron chi connectivity index (χ3n) is 4.45. The van der Waals surface area contributed by atoms with Crippen molar-refractivity contribution in [3.05, 3.63) is 41.1 Å². The highest BCUT2D eigenvalue weighted by Gasteiger charge is 2.22. The van der Waals surface area contributed by atoms with Gasteiger partial charge in [0.05, 0.1) is 13.2 Å². The smallest absolute Gasteiger partial charge is 0.266 e. The average Bonchev–Trinajstić information content (AvgIpc) is 2.67. The van der Waals surface area contributed by atoms with Gasteiger partial charge in [0.25, 0.3) is 5.91 Å². The van der Waals surface area contributed by atoms with Crippen LogP contribution in [0.1, 0.15) is 0 Å². The Morgan fingerprint density at radius 3 is 2.52 bits per heavy atom. The highest BCUT2D eigenvalue weighted by atomic mass is 35.5. The van der Waals surface area contributed by atoms with Gasteiger partial charge in [-0.1, -0.05) is 17.7 Å². The fourth-order valence-corrected chi connectivity index (χ4v) is 3.22. The minimum atomic E-state index is -0.205. The van der Waals surface area contributed by atoms with Gasteiger partial charge in [-0.15, -0.1) is 0 Å². The Hall–Kier alpha value is -2.23. The molecule has 0 N–H and O–H groups in total. The second-order valence-corrected chi connectivity index (χ2v) is 6.50. The zero-order valence-corrected chi connectivity index (χ0v) is 14.8. The molecular formula is C18H21ClN4O2. The Labute approximate surface area is 152 Å². The molecule has 25 heavy (non-hydrogen) atoms. The molecule has 0 radical (unpaired) electrons. The number of hydrogen-bond donors (Lipinski definition) is 0. The lowest BCUT2D eigenvalue weighted by Crippen LogP contribution is -2.45. The molecule has 0 atom stereocenters. The van der Waals surface area contributed by atoms with E-state index >= 15 is 0 Å². The molecule has 0 aromatic heterocycles. The Bertz CT molecular complexity index is 687. The monoisotopic (exact) mass is 360 g/mol. The molecule has 2 aliphatic rings. The van der Waals surface area contributed by atoms with Gasteiger partial charge in [0, 0.05) is 56.2 Å². The van der Waals surface area contributed by atoms with E-state index in [1.165, 1.54) is 0 Å². The van der Waals surface area contributed by atoms with E-state index in [9.17, 15) is 10.1 Å². The number of carbonyl (C=O) groups is 1. The van der Waals surface area contributed by atoms with E-state index in [1.807, 2.05) is 29.2 Å². The summed E-state index contributed by atoms with van der Waals surface area (Å²) in [4.78, 5) is 18.4. The van der Waals surface area contributed by atoms with Crippen LogP contribution in [0.15, 0.2) is 36.0 Å². The minimum absolute atomic E-state index is 0.193. The van der Waals surface area contributed by atoms with E-state index in [1.54, 1.807) is 11.1 Å². The maximum Gasteiger partial charge on any atom is 0.266 e. The zero-order chi connectivity index (χ0) is 17.6. The van der Waals surface area contributed by atoms with Gasteiger partial charge in [-0.05, 0) is 18.2 Å². The summed E-state index contributed by atoms with van der Waals surface area (Å²) in [5.74, 6) is -0.205. The van der Waals surface area contributed by atoms with Crippen molar-refractivity contribution in [2.75, 3.05) is 57.4 Å². The second-order valence-electron chi connectivity index (χ2n) is 6.06. The van der Waals surface area contributed by atoms with E-state index in [0.717, 1.165) is 36.9 Å². The first-order valence-electron chi connectivity index (χ1n) is 8.41. The molecule has 2 aliphatic heterocycles. The number of hydrogen-bond acceptors (Lipinski definition) is 5. The maximum absolute atomic E-state index is 12.5. The first-order chi connectivity index (χ1) is 12.2. The van der Waals surface area contributed by atoms with E-state index < -0.39 is 0 Å². The van der Waals surface area contributed by atoms with Crippen LogP contribution in [0.5, 0.6) is 0 Å². The number of amides is 1. The largest absolute Gasteiger partial charge is 0.378 e.